The first-order valence-electron chi connectivity index (χ1n) is 6.40. The largest absolute Gasteiger partial charge is 0.497 e. The molecule has 0 aliphatic rings. The Hall–Kier alpha value is -2.15. The number of rotatable bonds is 5. The maximum absolute atomic E-state index is 12.0. The number of anilines is 1. The van der Waals surface area contributed by atoms with E-state index < -0.39 is 17.8 Å². The van der Waals surface area contributed by atoms with E-state index in [1.807, 2.05) is 12.1 Å². The van der Waals surface area contributed by atoms with Crippen LogP contribution in [0.15, 0.2) is 18.2 Å². The number of amides is 1. The Morgan fingerprint density at radius 2 is 2.05 bits per heavy atom. The molecule has 2 aromatic rings. The van der Waals surface area contributed by atoms with Crippen molar-refractivity contribution >= 4 is 38.6 Å². The molecule has 112 valence electrons. The molecule has 0 saturated heterocycles. The summed E-state index contributed by atoms with van der Waals surface area (Å²) in [5, 5.41) is 12.1. The van der Waals surface area contributed by atoms with Crippen molar-refractivity contribution in [2.75, 3.05) is 12.4 Å². The van der Waals surface area contributed by atoms with Crippen molar-refractivity contribution in [1.29, 1.82) is 0 Å². The molecule has 2 unspecified atom stereocenters. The molecule has 0 saturated carbocycles. The summed E-state index contributed by atoms with van der Waals surface area (Å²) in [6.07, 6.45) is 0. The minimum atomic E-state index is -0.994. The summed E-state index contributed by atoms with van der Waals surface area (Å²) in [6.45, 7) is 3.10. The number of hydrogen-bond donors (Lipinski definition) is 2. The van der Waals surface area contributed by atoms with Crippen LogP contribution in [0.1, 0.15) is 13.8 Å². The second kappa shape index (κ2) is 6.09. The molecule has 1 amide bonds. The Bertz CT molecular complexity index is 683. The number of carbonyl (C=O) groups is 2. The van der Waals surface area contributed by atoms with Crippen LogP contribution in [0.4, 0.5) is 5.13 Å². The molecule has 2 rings (SSSR count). The average molecular weight is 308 g/mol. The van der Waals surface area contributed by atoms with Crippen LogP contribution in [0.3, 0.4) is 0 Å². The topological polar surface area (TPSA) is 88.5 Å². The van der Waals surface area contributed by atoms with E-state index in [0.29, 0.717) is 5.13 Å². The van der Waals surface area contributed by atoms with Crippen LogP contribution in [-0.4, -0.2) is 29.1 Å². The Labute approximate surface area is 125 Å². The van der Waals surface area contributed by atoms with E-state index in [9.17, 15) is 9.59 Å². The maximum atomic E-state index is 12.0. The number of benzene rings is 1. The summed E-state index contributed by atoms with van der Waals surface area (Å²) in [4.78, 5) is 27.2. The summed E-state index contributed by atoms with van der Waals surface area (Å²) < 4.78 is 6.03. The number of carbonyl (C=O) groups excluding carboxylic acids is 1. The predicted octanol–water partition coefficient (Wildman–Crippen LogP) is 2.60. The van der Waals surface area contributed by atoms with Gasteiger partial charge in [-0.1, -0.05) is 25.2 Å². The summed E-state index contributed by atoms with van der Waals surface area (Å²) in [5.74, 6) is -2.01. The summed E-state index contributed by atoms with van der Waals surface area (Å²) in [6, 6.07) is 5.44. The Balaban J connectivity index is 2.16. The number of hydrogen-bond acceptors (Lipinski definition) is 5. The Kier molecular flexibility index (Phi) is 4.42. The van der Waals surface area contributed by atoms with E-state index in [2.05, 4.69) is 10.3 Å². The molecule has 0 aliphatic carbocycles. The number of aromatic nitrogens is 1. The zero-order chi connectivity index (χ0) is 15.6. The highest BCUT2D eigenvalue weighted by atomic mass is 32.1. The highest BCUT2D eigenvalue weighted by Gasteiger charge is 2.26. The molecular formula is C14H16N2O4S. The van der Waals surface area contributed by atoms with Crippen molar-refractivity contribution in [3.8, 4) is 5.75 Å². The van der Waals surface area contributed by atoms with Crippen molar-refractivity contribution in [3.05, 3.63) is 18.2 Å². The molecular weight excluding hydrogens is 292 g/mol. The third kappa shape index (κ3) is 3.30. The van der Waals surface area contributed by atoms with E-state index in [0.717, 1.165) is 16.0 Å². The summed E-state index contributed by atoms with van der Waals surface area (Å²) >= 11 is 1.32. The molecule has 7 heteroatoms. The molecule has 2 atom stereocenters. The first-order valence-corrected chi connectivity index (χ1v) is 7.22. The Morgan fingerprint density at radius 3 is 2.67 bits per heavy atom. The van der Waals surface area contributed by atoms with Gasteiger partial charge in [0.25, 0.3) is 0 Å². The number of aliphatic carboxylic acids is 1. The predicted molar refractivity (Wildman–Crippen MR) is 80.8 cm³/mol. The molecule has 0 aliphatic heterocycles. The number of fused-ring (bicyclic) bond motifs is 1. The average Bonchev–Trinajstić information content (AvgIpc) is 2.86. The van der Waals surface area contributed by atoms with Crippen LogP contribution in [0.2, 0.25) is 0 Å². The van der Waals surface area contributed by atoms with Gasteiger partial charge < -0.3 is 15.2 Å². The van der Waals surface area contributed by atoms with Crippen LogP contribution in [-0.2, 0) is 9.59 Å². The van der Waals surface area contributed by atoms with Gasteiger partial charge in [0.1, 0.15) is 5.75 Å². The highest BCUT2D eigenvalue weighted by Crippen LogP contribution is 2.29. The molecule has 1 aromatic carbocycles. The minimum Gasteiger partial charge on any atom is -0.497 e. The van der Waals surface area contributed by atoms with Crippen LogP contribution in [0.5, 0.6) is 5.75 Å². The van der Waals surface area contributed by atoms with Gasteiger partial charge in [-0.15, -0.1) is 0 Å². The van der Waals surface area contributed by atoms with Crippen LogP contribution < -0.4 is 10.1 Å². The quantitative estimate of drug-likeness (QED) is 0.886. The fraction of sp³-hybridized carbons (Fsp3) is 0.357. The lowest BCUT2D eigenvalue weighted by atomic mass is 9.95. The van der Waals surface area contributed by atoms with E-state index in [-0.39, 0.29) is 5.91 Å². The summed E-state index contributed by atoms with van der Waals surface area (Å²) in [7, 11) is 1.58. The molecule has 0 radical (unpaired) electrons. The van der Waals surface area contributed by atoms with Gasteiger partial charge in [-0.3, -0.25) is 9.59 Å². The number of methoxy groups -OCH3 is 1. The zero-order valence-electron chi connectivity index (χ0n) is 11.9. The zero-order valence-corrected chi connectivity index (χ0v) is 12.7. The number of nitrogens with zero attached hydrogens (tertiary/aromatic N) is 1. The van der Waals surface area contributed by atoms with Gasteiger partial charge in [0.2, 0.25) is 5.91 Å². The summed E-state index contributed by atoms with van der Waals surface area (Å²) in [5.41, 5.74) is 0.759. The van der Waals surface area contributed by atoms with Gasteiger partial charge in [-0.25, -0.2) is 4.98 Å². The van der Waals surface area contributed by atoms with Gasteiger partial charge in [0.05, 0.1) is 23.2 Å². The van der Waals surface area contributed by atoms with Gasteiger partial charge in [-0.05, 0) is 18.2 Å². The normalized spacial score (nSPS) is 13.7. The molecule has 0 fully saturated rings. The van der Waals surface area contributed by atoms with Crippen molar-refractivity contribution in [1.82, 2.24) is 4.98 Å². The molecule has 0 bridgehead atoms. The van der Waals surface area contributed by atoms with Gasteiger partial charge in [-0.2, -0.15) is 0 Å². The molecule has 6 nitrogen and oxygen atoms in total. The van der Waals surface area contributed by atoms with Gasteiger partial charge in [0, 0.05) is 5.92 Å². The second-order valence-electron chi connectivity index (χ2n) is 4.76. The van der Waals surface area contributed by atoms with Gasteiger partial charge >= 0.3 is 5.97 Å². The molecule has 1 heterocycles. The van der Waals surface area contributed by atoms with Crippen molar-refractivity contribution in [2.45, 2.75) is 13.8 Å². The van der Waals surface area contributed by atoms with Crippen molar-refractivity contribution < 1.29 is 19.4 Å². The highest BCUT2D eigenvalue weighted by molar-refractivity contribution is 7.22. The molecule has 1 aromatic heterocycles. The third-order valence-electron chi connectivity index (χ3n) is 3.38. The van der Waals surface area contributed by atoms with E-state index in [4.69, 9.17) is 9.84 Å². The number of ether oxygens (including phenoxy) is 1. The standard InChI is InChI=1S/C14H16N2O4S/c1-7(8(2)13(18)19)12(17)16-14-15-10-5-4-9(20-3)6-11(10)21-14/h4-8H,1-3H3,(H,18,19)(H,15,16,17). The first kappa shape index (κ1) is 15.2. The molecule has 21 heavy (non-hydrogen) atoms. The van der Waals surface area contributed by atoms with Crippen molar-refractivity contribution in [3.63, 3.8) is 0 Å². The smallest absolute Gasteiger partial charge is 0.307 e. The van der Waals surface area contributed by atoms with E-state index >= 15 is 0 Å². The van der Waals surface area contributed by atoms with E-state index in [1.165, 1.54) is 18.3 Å². The van der Waals surface area contributed by atoms with Gasteiger partial charge in [0.15, 0.2) is 5.13 Å². The second-order valence-corrected chi connectivity index (χ2v) is 5.79. The monoisotopic (exact) mass is 308 g/mol. The third-order valence-corrected chi connectivity index (χ3v) is 4.31. The van der Waals surface area contributed by atoms with Crippen LogP contribution >= 0.6 is 11.3 Å². The minimum absolute atomic E-state index is 0.351. The lowest BCUT2D eigenvalue weighted by molar-refractivity contribution is -0.145. The SMILES string of the molecule is COc1ccc2nc(NC(=O)C(C)C(C)C(=O)O)sc2c1. The Morgan fingerprint density at radius 1 is 1.33 bits per heavy atom. The molecule has 0 spiro atoms. The number of thiazole rings is 1. The fourth-order valence-electron chi connectivity index (χ4n) is 1.75. The first-order chi connectivity index (χ1) is 9.92. The fourth-order valence-corrected chi connectivity index (χ4v) is 2.64. The maximum Gasteiger partial charge on any atom is 0.307 e. The molecule has 2 N–H and O–H groups in total. The lowest BCUT2D eigenvalue weighted by Crippen LogP contribution is -2.29. The van der Waals surface area contributed by atoms with Crippen molar-refractivity contribution in [2.24, 2.45) is 11.8 Å². The lowest BCUT2D eigenvalue weighted by Gasteiger charge is -2.14. The number of carboxylic acids is 1. The number of carboxylic acid groups (broad SMARTS) is 1. The van der Waals surface area contributed by atoms with Crippen LogP contribution in [0.25, 0.3) is 10.2 Å². The van der Waals surface area contributed by atoms with E-state index in [1.54, 1.807) is 20.1 Å². The van der Waals surface area contributed by atoms with Crippen LogP contribution in [0, 0.1) is 11.8 Å². The number of nitrogens with one attached hydrogen (secondary N) is 1.